The van der Waals surface area contributed by atoms with Gasteiger partial charge in [0.15, 0.2) is 0 Å². The van der Waals surface area contributed by atoms with Gasteiger partial charge >= 0.3 is 0 Å². The molecule has 4 aliphatic carbocycles. The van der Waals surface area contributed by atoms with Gasteiger partial charge in [-0.3, -0.25) is 0 Å². The van der Waals surface area contributed by atoms with Crippen LogP contribution in [-0.4, -0.2) is 35.5 Å². The van der Waals surface area contributed by atoms with Crippen LogP contribution in [0.2, 0.25) is 0 Å². The lowest BCUT2D eigenvalue weighted by molar-refractivity contribution is -0.123. The molecule has 4 fully saturated rings. The minimum absolute atomic E-state index is 0.0352. The van der Waals surface area contributed by atoms with E-state index >= 15 is 0 Å². The van der Waals surface area contributed by atoms with Crippen molar-refractivity contribution in [1.82, 2.24) is 5.32 Å². The predicted molar refractivity (Wildman–Crippen MR) is 96.6 cm³/mol. The van der Waals surface area contributed by atoms with E-state index < -0.39 is 0 Å². The Hall–Kier alpha value is -0.120. The first kappa shape index (κ1) is 17.3. The van der Waals surface area contributed by atoms with Crippen LogP contribution in [0.1, 0.15) is 71.6 Å². The van der Waals surface area contributed by atoms with Crippen molar-refractivity contribution in [1.29, 1.82) is 0 Å². The van der Waals surface area contributed by atoms with Gasteiger partial charge in [-0.05, 0) is 92.3 Å². The average molecular weight is 336 g/mol. The van der Waals surface area contributed by atoms with Gasteiger partial charge in [0, 0.05) is 12.6 Å². The van der Waals surface area contributed by atoms with Crippen LogP contribution >= 0.6 is 0 Å². The van der Waals surface area contributed by atoms with Gasteiger partial charge < -0.3 is 15.5 Å². The molecule has 0 aromatic rings. The standard InChI is InChI=1S/C21H37NO2/c1-20-9-7-15(24)13-14(20)3-4-16-17-5-6-19(22-11-12-23)21(17,2)10-8-18(16)20/h14-19,22-24H,3-13H2,1-2H3/t14-,15-,16-,17+,18-,19-,20-,21-/m0/s1. The summed E-state index contributed by atoms with van der Waals surface area (Å²) in [7, 11) is 0. The summed E-state index contributed by atoms with van der Waals surface area (Å²) < 4.78 is 0. The Balaban J connectivity index is 1.54. The molecule has 0 bridgehead atoms. The molecule has 3 heteroatoms. The van der Waals surface area contributed by atoms with Crippen molar-refractivity contribution in [3.8, 4) is 0 Å². The van der Waals surface area contributed by atoms with Gasteiger partial charge in [0.1, 0.15) is 0 Å². The zero-order valence-corrected chi connectivity index (χ0v) is 15.6. The van der Waals surface area contributed by atoms with E-state index in [1.54, 1.807) is 0 Å². The number of nitrogens with one attached hydrogen (secondary N) is 1. The molecule has 0 aromatic carbocycles. The zero-order chi connectivity index (χ0) is 16.9. The van der Waals surface area contributed by atoms with E-state index in [4.69, 9.17) is 0 Å². The van der Waals surface area contributed by atoms with Gasteiger partial charge in [-0.1, -0.05) is 13.8 Å². The Morgan fingerprint density at radius 1 is 0.917 bits per heavy atom. The summed E-state index contributed by atoms with van der Waals surface area (Å²) in [5.41, 5.74) is 0.924. The molecular formula is C21H37NO2. The molecule has 24 heavy (non-hydrogen) atoms. The lowest BCUT2D eigenvalue weighted by Crippen LogP contribution is -2.55. The Morgan fingerprint density at radius 3 is 2.46 bits per heavy atom. The summed E-state index contributed by atoms with van der Waals surface area (Å²) in [5.74, 6) is 3.42. The fraction of sp³-hybridized carbons (Fsp3) is 1.00. The first-order valence-corrected chi connectivity index (χ1v) is 10.5. The minimum Gasteiger partial charge on any atom is -0.395 e. The largest absolute Gasteiger partial charge is 0.395 e. The first-order valence-electron chi connectivity index (χ1n) is 10.5. The van der Waals surface area contributed by atoms with Crippen molar-refractivity contribution in [2.24, 2.45) is 34.5 Å². The summed E-state index contributed by atoms with van der Waals surface area (Å²) in [6.07, 6.45) is 11.4. The summed E-state index contributed by atoms with van der Waals surface area (Å²) in [6.45, 7) is 6.11. The third-order valence-electron chi connectivity index (χ3n) is 9.14. The zero-order valence-electron chi connectivity index (χ0n) is 15.6. The van der Waals surface area contributed by atoms with Crippen molar-refractivity contribution >= 4 is 0 Å². The van der Waals surface area contributed by atoms with Crippen LogP contribution in [0.3, 0.4) is 0 Å². The van der Waals surface area contributed by atoms with Gasteiger partial charge in [0.2, 0.25) is 0 Å². The normalized spacial score (nSPS) is 54.0. The number of hydrogen-bond acceptors (Lipinski definition) is 3. The molecule has 0 aliphatic heterocycles. The quantitative estimate of drug-likeness (QED) is 0.741. The molecule has 3 nitrogen and oxygen atoms in total. The fourth-order valence-corrected chi connectivity index (χ4v) is 7.81. The molecule has 0 spiro atoms. The van der Waals surface area contributed by atoms with Crippen LogP contribution < -0.4 is 5.32 Å². The minimum atomic E-state index is -0.0352. The van der Waals surface area contributed by atoms with Crippen molar-refractivity contribution in [2.45, 2.75) is 83.8 Å². The van der Waals surface area contributed by atoms with Gasteiger partial charge in [-0.25, -0.2) is 0 Å². The predicted octanol–water partition coefficient (Wildman–Crippen LogP) is 3.34. The van der Waals surface area contributed by atoms with Crippen molar-refractivity contribution in [3.05, 3.63) is 0 Å². The van der Waals surface area contributed by atoms with Crippen molar-refractivity contribution in [3.63, 3.8) is 0 Å². The second-order valence-corrected chi connectivity index (χ2v) is 9.94. The molecule has 4 rings (SSSR count). The summed E-state index contributed by atoms with van der Waals surface area (Å²) in [6, 6.07) is 0.606. The van der Waals surface area contributed by atoms with Gasteiger partial charge in [-0.2, -0.15) is 0 Å². The highest BCUT2D eigenvalue weighted by atomic mass is 16.3. The molecule has 8 atom stereocenters. The number of hydrogen-bond donors (Lipinski definition) is 3. The topological polar surface area (TPSA) is 52.5 Å². The van der Waals surface area contributed by atoms with Crippen LogP contribution in [0.4, 0.5) is 0 Å². The number of rotatable bonds is 3. The smallest absolute Gasteiger partial charge is 0.0556 e. The van der Waals surface area contributed by atoms with E-state index in [1.165, 1.54) is 44.9 Å². The average Bonchev–Trinajstić information content (AvgIpc) is 2.90. The second-order valence-electron chi connectivity index (χ2n) is 9.94. The molecule has 0 aromatic heterocycles. The monoisotopic (exact) mass is 335 g/mol. The summed E-state index contributed by atoms with van der Waals surface area (Å²) in [5, 5.41) is 23.0. The van der Waals surface area contributed by atoms with E-state index in [0.29, 0.717) is 16.9 Å². The molecular weight excluding hydrogens is 298 g/mol. The lowest BCUT2D eigenvalue weighted by Gasteiger charge is -2.61. The molecule has 138 valence electrons. The van der Waals surface area contributed by atoms with E-state index in [-0.39, 0.29) is 12.7 Å². The van der Waals surface area contributed by atoms with E-state index in [1.807, 2.05) is 0 Å². The Labute approximate surface area is 147 Å². The van der Waals surface area contributed by atoms with Crippen LogP contribution in [0.25, 0.3) is 0 Å². The Bertz CT molecular complexity index is 469. The molecule has 0 heterocycles. The first-order chi connectivity index (χ1) is 11.5. The maximum atomic E-state index is 10.1. The summed E-state index contributed by atoms with van der Waals surface area (Å²) in [4.78, 5) is 0. The van der Waals surface area contributed by atoms with Crippen LogP contribution in [0.5, 0.6) is 0 Å². The van der Waals surface area contributed by atoms with E-state index in [0.717, 1.165) is 43.1 Å². The molecule has 4 aliphatic rings. The molecule has 0 amide bonds. The number of aliphatic hydroxyl groups is 2. The highest BCUT2D eigenvalue weighted by molar-refractivity contribution is 5.10. The molecule has 0 unspecified atom stereocenters. The van der Waals surface area contributed by atoms with Crippen LogP contribution in [0, 0.1) is 34.5 Å². The SMILES string of the molecule is C[C@]12CC[C@H](O)C[C@@H]1CC[C@H]1[C@H]3CC[C@H](NCCO)[C@@]3(C)CC[C@@H]12. The molecule has 0 saturated heterocycles. The molecule has 4 saturated carbocycles. The maximum absolute atomic E-state index is 10.1. The number of fused-ring (bicyclic) bond motifs is 5. The second kappa shape index (κ2) is 6.25. The molecule has 0 radical (unpaired) electrons. The number of aliphatic hydroxyl groups excluding tert-OH is 2. The Morgan fingerprint density at radius 2 is 1.67 bits per heavy atom. The van der Waals surface area contributed by atoms with E-state index in [9.17, 15) is 10.2 Å². The van der Waals surface area contributed by atoms with Gasteiger partial charge in [-0.15, -0.1) is 0 Å². The molecule has 3 N–H and O–H groups in total. The highest BCUT2D eigenvalue weighted by Crippen LogP contribution is 2.66. The van der Waals surface area contributed by atoms with Gasteiger partial charge in [0.25, 0.3) is 0 Å². The third-order valence-corrected chi connectivity index (χ3v) is 9.14. The van der Waals surface area contributed by atoms with E-state index in [2.05, 4.69) is 19.2 Å². The highest BCUT2D eigenvalue weighted by Gasteiger charge is 2.59. The van der Waals surface area contributed by atoms with Crippen molar-refractivity contribution < 1.29 is 10.2 Å². The Kier molecular flexibility index (Phi) is 4.50. The van der Waals surface area contributed by atoms with Crippen LogP contribution in [-0.2, 0) is 0 Å². The summed E-state index contributed by atoms with van der Waals surface area (Å²) >= 11 is 0. The maximum Gasteiger partial charge on any atom is 0.0556 e. The van der Waals surface area contributed by atoms with Crippen molar-refractivity contribution in [2.75, 3.05) is 13.2 Å². The van der Waals surface area contributed by atoms with Gasteiger partial charge in [0.05, 0.1) is 12.7 Å². The lowest BCUT2D eigenvalue weighted by atomic mass is 9.45. The fourth-order valence-electron chi connectivity index (χ4n) is 7.81. The third kappa shape index (κ3) is 2.49. The van der Waals surface area contributed by atoms with Crippen LogP contribution in [0.15, 0.2) is 0 Å².